The summed E-state index contributed by atoms with van der Waals surface area (Å²) in [4.78, 5) is 13.0. The summed E-state index contributed by atoms with van der Waals surface area (Å²) in [7, 11) is 0. The fourth-order valence-corrected chi connectivity index (χ4v) is 3.34. The molecule has 2 atom stereocenters. The van der Waals surface area contributed by atoms with Crippen molar-refractivity contribution < 1.29 is 23.7 Å². The van der Waals surface area contributed by atoms with Gasteiger partial charge in [-0.2, -0.15) is 0 Å². The average molecular weight is 374 g/mol. The normalized spacial score (nSPS) is 19.3. The summed E-state index contributed by atoms with van der Waals surface area (Å²) in [5.74, 6) is 1.89. The average Bonchev–Trinajstić information content (AvgIpc) is 3.41. The molecule has 0 bridgehead atoms. The maximum absolute atomic E-state index is 13.0. The van der Waals surface area contributed by atoms with Crippen molar-refractivity contribution >= 4 is 5.78 Å². The lowest BCUT2D eigenvalue weighted by Crippen LogP contribution is -2.10. The lowest BCUT2D eigenvalue weighted by Gasteiger charge is -2.10. The molecule has 0 spiro atoms. The second-order valence-electron chi connectivity index (χ2n) is 6.72. The molecule has 0 unspecified atom stereocenters. The van der Waals surface area contributed by atoms with Gasteiger partial charge in [0.05, 0.1) is 5.56 Å². The van der Waals surface area contributed by atoms with Crippen molar-refractivity contribution in [3.05, 3.63) is 89.5 Å². The van der Waals surface area contributed by atoms with E-state index in [1.165, 1.54) is 0 Å². The SMILES string of the molecule is O=C(c1ccccc1OCc1ccccc1)[C@H]1O[C@H]1c1ccc2c(c1)OCO2. The van der Waals surface area contributed by atoms with Gasteiger partial charge in [-0.05, 0) is 35.4 Å². The molecule has 28 heavy (non-hydrogen) atoms. The van der Waals surface area contributed by atoms with Gasteiger partial charge in [0.1, 0.15) is 18.5 Å². The zero-order chi connectivity index (χ0) is 18.9. The van der Waals surface area contributed by atoms with Gasteiger partial charge in [-0.15, -0.1) is 0 Å². The van der Waals surface area contributed by atoms with E-state index in [1.54, 1.807) is 6.07 Å². The highest BCUT2D eigenvalue weighted by Crippen LogP contribution is 2.45. The first-order chi connectivity index (χ1) is 13.8. The zero-order valence-corrected chi connectivity index (χ0v) is 15.0. The lowest BCUT2D eigenvalue weighted by molar-refractivity contribution is 0.0949. The summed E-state index contributed by atoms with van der Waals surface area (Å²) in [5, 5.41) is 0. The standard InChI is InChI=1S/C23H18O5/c24-21(23-22(28-23)16-10-11-19-20(12-16)27-14-26-19)17-8-4-5-9-18(17)25-13-15-6-2-1-3-7-15/h1-12,22-23H,13-14H2/t22-,23+/m0/s1. The number of carbonyl (C=O) groups excluding carboxylic acids is 1. The molecule has 2 aliphatic heterocycles. The fourth-order valence-electron chi connectivity index (χ4n) is 3.34. The van der Waals surface area contributed by atoms with E-state index >= 15 is 0 Å². The topological polar surface area (TPSA) is 57.3 Å². The van der Waals surface area contributed by atoms with Gasteiger partial charge >= 0.3 is 0 Å². The number of para-hydroxylation sites is 1. The van der Waals surface area contributed by atoms with Gasteiger partial charge < -0.3 is 18.9 Å². The summed E-state index contributed by atoms with van der Waals surface area (Å²) >= 11 is 0. The molecule has 1 saturated heterocycles. The summed E-state index contributed by atoms with van der Waals surface area (Å²) in [6.07, 6.45) is -0.786. The van der Waals surface area contributed by atoms with Crippen molar-refractivity contribution in [2.75, 3.05) is 6.79 Å². The molecule has 3 aromatic rings. The van der Waals surface area contributed by atoms with Crippen LogP contribution in [0.15, 0.2) is 72.8 Å². The number of benzene rings is 3. The molecule has 0 amide bonds. The molecule has 0 aliphatic carbocycles. The predicted molar refractivity (Wildman–Crippen MR) is 102 cm³/mol. The van der Waals surface area contributed by atoms with Gasteiger partial charge in [-0.3, -0.25) is 4.79 Å². The molecule has 2 aliphatic rings. The first-order valence-corrected chi connectivity index (χ1v) is 9.14. The molecule has 5 nitrogen and oxygen atoms in total. The van der Waals surface area contributed by atoms with E-state index in [1.807, 2.05) is 66.7 Å². The van der Waals surface area contributed by atoms with E-state index in [9.17, 15) is 4.79 Å². The number of Topliss-reactive ketones (excluding diaryl/α,β-unsaturated/α-hetero) is 1. The van der Waals surface area contributed by atoms with Crippen molar-refractivity contribution in [3.63, 3.8) is 0 Å². The van der Waals surface area contributed by atoms with Crippen LogP contribution in [0.3, 0.4) is 0 Å². The van der Waals surface area contributed by atoms with Crippen molar-refractivity contribution in [1.29, 1.82) is 0 Å². The number of hydrogen-bond acceptors (Lipinski definition) is 5. The second kappa shape index (κ2) is 7.02. The third kappa shape index (κ3) is 3.21. The Kier molecular flexibility index (Phi) is 4.22. The number of fused-ring (bicyclic) bond motifs is 1. The first-order valence-electron chi connectivity index (χ1n) is 9.14. The Bertz CT molecular complexity index is 1010. The van der Waals surface area contributed by atoms with Crippen LogP contribution in [0.2, 0.25) is 0 Å². The molecule has 140 valence electrons. The molecular formula is C23H18O5. The smallest absolute Gasteiger partial charge is 0.231 e. The van der Waals surface area contributed by atoms with E-state index in [-0.39, 0.29) is 18.7 Å². The first kappa shape index (κ1) is 16.8. The molecule has 3 aromatic carbocycles. The fraction of sp³-hybridized carbons (Fsp3) is 0.174. The van der Waals surface area contributed by atoms with Crippen LogP contribution in [0.4, 0.5) is 0 Å². The highest BCUT2D eigenvalue weighted by atomic mass is 16.7. The largest absolute Gasteiger partial charge is 0.488 e. The monoisotopic (exact) mass is 374 g/mol. The quantitative estimate of drug-likeness (QED) is 0.475. The maximum atomic E-state index is 13.0. The number of ketones is 1. The van der Waals surface area contributed by atoms with Crippen molar-refractivity contribution in [2.24, 2.45) is 0 Å². The van der Waals surface area contributed by atoms with Crippen molar-refractivity contribution in [1.82, 2.24) is 0 Å². The molecule has 0 radical (unpaired) electrons. The Balaban J connectivity index is 1.31. The number of ether oxygens (including phenoxy) is 4. The van der Waals surface area contributed by atoms with Gasteiger partial charge in [-0.25, -0.2) is 0 Å². The van der Waals surface area contributed by atoms with E-state index < -0.39 is 6.10 Å². The van der Waals surface area contributed by atoms with Crippen LogP contribution in [0.1, 0.15) is 27.6 Å². The lowest BCUT2D eigenvalue weighted by atomic mass is 10.0. The minimum Gasteiger partial charge on any atom is -0.488 e. The molecule has 5 rings (SSSR count). The molecule has 0 saturated carbocycles. The van der Waals surface area contributed by atoms with Gasteiger partial charge in [0.2, 0.25) is 6.79 Å². The Morgan fingerprint density at radius 1 is 0.929 bits per heavy atom. The minimum atomic E-state index is -0.512. The maximum Gasteiger partial charge on any atom is 0.231 e. The summed E-state index contributed by atoms with van der Waals surface area (Å²) < 4.78 is 22.3. The third-order valence-electron chi connectivity index (χ3n) is 4.86. The highest BCUT2D eigenvalue weighted by Gasteiger charge is 2.47. The van der Waals surface area contributed by atoms with E-state index in [2.05, 4.69) is 0 Å². The molecule has 0 N–H and O–H groups in total. The van der Waals surface area contributed by atoms with Gasteiger partial charge in [0.25, 0.3) is 0 Å². The zero-order valence-electron chi connectivity index (χ0n) is 15.0. The molecular weight excluding hydrogens is 356 g/mol. The number of epoxide rings is 1. The summed E-state index contributed by atoms with van der Waals surface area (Å²) in [6, 6.07) is 22.8. The van der Waals surface area contributed by atoms with Crippen LogP contribution in [0.5, 0.6) is 17.2 Å². The summed E-state index contributed by atoms with van der Waals surface area (Å²) in [5.41, 5.74) is 2.49. The number of rotatable bonds is 6. The molecule has 2 heterocycles. The number of carbonyl (C=O) groups is 1. The van der Waals surface area contributed by atoms with Gasteiger partial charge in [-0.1, -0.05) is 48.5 Å². The predicted octanol–water partition coefficient (Wildman–Crippen LogP) is 4.32. The third-order valence-corrected chi connectivity index (χ3v) is 4.86. The summed E-state index contributed by atoms with van der Waals surface area (Å²) in [6.45, 7) is 0.626. The van der Waals surface area contributed by atoms with Gasteiger partial charge in [0.15, 0.2) is 23.4 Å². The van der Waals surface area contributed by atoms with Crippen LogP contribution in [0, 0.1) is 0 Å². The van der Waals surface area contributed by atoms with Crippen LogP contribution in [0.25, 0.3) is 0 Å². The van der Waals surface area contributed by atoms with Crippen LogP contribution in [-0.4, -0.2) is 18.7 Å². The van der Waals surface area contributed by atoms with Crippen LogP contribution >= 0.6 is 0 Å². The minimum absolute atomic E-state index is 0.0775. The molecule has 1 fully saturated rings. The van der Waals surface area contributed by atoms with E-state index in [0.717, 1.165) is 11.1 Å². The van der Waals surface area contributed by atoms with E-state index in [4.69, 9.17) is 18.9 Å². The van der Waals surface area contributed by atoms with Crippen LogP contribution in [-0.2, 0) is 11.3 Å². The van der Waals surface area contributed by atoms with Crippen molar-refractivity contribution in [3.8, 4) is 17.2 Å². The van der Waals surface area contributed by atoms with Crippen LogP contribution < -0.4 is 14.2 Å². The molecule has 5 heteroatoms. The Hall–Kier alpha value is -3.31. The van der Waals surface area contributed by atoms with Crippen molar-refractivity contribution in [2.45, 2.75) is 18.8 Å². The second-order valence-corrected chi connectivity index (χ2v) is 6.72. The number of hydrogen-bond donors (Lipinski definition) is 0. The Morgan fingerprint density at radius 3 is 2.61 bits per heavy atom. The highest BCUT2D eigenvalue weighted by molar-refractivity contribution is 6.03. The Morgan fingerprint density at radius 2 is 1.71 bits per heavy atom. The van der Waals surface area contributed by atoms with E-state index in [0.29, 0.717) is 29.4 Å². The Labute approximate surface area is 162 Å². The molecule has 0 aromatic heterocycles. The van der Waals surface area contributed by atoms with Gasteiger partial charge in [0, 0.05) is 0 Å².